The van der Waals surface area contributed by atoms with Crippen LogP contribution in [0.15, 0.2) is 40.9 Å². The van der Waals surface area contributed by atoms with Crippen molar-refractivity contribution in [2.24, 2.45) is 0 Å². The number of carbonyl (C=O) groups excluding carboxylic acids is 1. The average molecular weight is 445 g/mol. The first-order valence-electron chi connectivity index (χ1n) is 6.97. The molecule has 0 fully saturated rings. The summed E-state index contributed by atoms with van der Waals surface area (Å²) in [6, 6.07) is 10.3. The van der Waals surface area contributed by atoms with Crippen LogP contribution in [0.3, 0.4) is 0 Å². The first kappa shape index (κ1) is 19.3. The van der Waals surface area contributed by atoms with Gasteiger partial charge in [0.25, 0.3) is 0 Å². The fraction of sp³-hybridized carbons (Fsp3) is 0.125. The van der Waals surface area contributed by atoms with Crippen molar-refractivity contribution in [2.45, 2.75) is 0 Å². The van der Waals surface area contributed by atoms with E-state index in [9.17, 15) is 4.79 Å². The molecule has 0 atom stereocenters. The Morgan fingerprint density at radius 1 is 1.20 bits per heavy atom. The summed E-state index contributed by atoms with van der Waals surface area (Å²) in [5, 5.41) is 4.94. The fourth-order valence-electron chi connectivity index (χ4n) is 1.97. The van der Waals surface area contributed by atoms with Gasteiger partial charge in [-0.1, -0.05) is 11.6 Å². The van der Waals surface area contributed by atoms with Gasteiger partial charge < -0.3 is 14.8 Å². The molecule has 0 radical (unpaired) electrons. The van der Waals surface area contributed by atoms with E-state index in [1.165, 1.54) is 19.2 Å². The van der Waals surface area contributed by atoms with Crippen molar-refractivity contribution in [3.63, 3.8) is 0 Å². The standard InChI is InChI=1S/C16H15BrClN3O3S/c1-23-14-6-4-11(8-15(14)24-2)21(9-22)20-16(25)19-10-3-5-12(17)13(18)7-10/h3-9H,1-2H3,(H2,19,20,25). The van der Waals surface area contributed by atoms with E-state index < -0.39 is 0 Å². The Hall–Kier alpha value is -2.03. The van der Waals surface area contributed by atoms with Gasteiger partial charge in [0.1, 0.15) is 0 Å². The second kappa shape index (κ2) is 8.89. The first-order chi connectivity index (χ1) is 12.0. The molecule has 0 saturated carbocycles. The van der Waals surface area contributed by atoms with Crippen LogP contribution in [0.5, 0.6) is 11.5 Å². The van der Waals surface area contributed by atoms with Crippen molar-refractivity contribution >= 4 is 62.6 Å². The van der Waals surface area contributed by atoms with E-state index in [2.05, 4.69) is 26.7 Å². The van der Waals surface area contributed by atoms with Gasteiger partial charge in [0, 0.05) is 16.2 Å². The van der Waals surface area contributed by atoms with E-state index in [-0.39, 0.29) is 5.11 Å². The van der Waals surface area contributed by atoms with Gasteiger partial charge in [0.15, 0.2) is 16.6 Å². The van der Waals surface area contributed by atoms with Gasteiger partial charge in [-0.15, -0.1) is 0 Å². The first-order valence-corrected chi connectivity index (χ1v) is 8.55. The number of thiocarbonyl (C=S) groups is 1. The Morgan fingerprint density at radius 2 is 1.92 bits per heavy atom. The highest BCUT2D eigenvalue weighted by Crippen LogP contribution is 2.30. The molecule has 0 aliphatic heterocycles. The van der Waals surface area contributed by atoms with Crippen molar-refractivity contribution in [3.05, 3.63) is 45.9 Å². The second-order valence-electron chi connectivity index (χ2n) is 4.71. The molecular weight excluding hydrogens is 430 g/mol. The Morgan fingerprint density at radius 3 is 2.52 bits per heavy atom. The highest BCUT2D eigenvalue weighted by Gasteiger charge is 2.12. The molecule has 0 saturated heterocycles. The van der Waals surface area contributed by atoms with Crippen LogP contribution in [0, 0.1) is 0 Å². The Labute approximate surface area is 164 Å². The van der Waals surface area contributed by atoms with E-state index in [0.29, 0.717) is 34.3 Å². The molecule has 2 aromatic carbocycles. The zero-order valence-corrected chi connectivity index (χ0v) is 16.5. The molecule has 0 aliphatic carbocycles. The highest BCUT2D eigenvalue weighted by atomic mass is 79.9. The number of amides is 1. The number of nitrogens with zero attached hydrogens (tertiary/aromatic N) is 1. The molecular formula is C16H15BrClN3O3S. The van der Waals surface area contributed by atoms with E-state index in [1.807, 2.05) is 0 Å². The maximum absolute atomic E-state index is 11.4. The van der Waals surface area contributed by atoms with E-state index in [4.69, 9.17) is 33.3 Å². The monoisotopic (exact) mass is 443 g/mol. The number of halogens is 2. The minimum Gasteiger partial charge on any atom is -0.493 e. The molecule has 2 aromatic rings. The van der Waals surface area contributed by atoms with Crippen molar-refractivity contribution in [3.8, 4) is 11.5 Å². The topological polar surface area (TPSA) is 62.8 Å². The summed E-state index contributed by atoms with van der Waals surface area (Å²) >= 11 is 14.6. The summed E-state index contributed by atoms with van der Waals surface area (Å²) in [5.74, 6) is 1.05. The molecule has 9 heteroatoms. The third kappa shape index (κ3) is 4.97. The summed E-state index contributed by atoms with van der Waals surface area (Å²) in [6.45, 7) is 0. The molecule has 2 rings (SSSR count). The number of methoxy groups -OCH3 is 2. The van der Waals surface area contributed by atoms with Crippen molar-refractivity contribution < 1.29 is 14.3 Å². The molecule has 0 aromatic heterocycles. The summed E-state index contributed by atoms with van der Waals surface area (Å²) in [7, 11) is 3.05. The molecule has 1 amide bonds. The minimum absolute atomic E-state index is 0.222. The number of nitrogens with one attached hydrogen (secondary N) is 2. The highest BCUT2D eigenvalue weighted by molar-refractivity contribution is 9.10. The lowest BCUT2D eigenvalue weighted by atomic mass is 10.2. The normalized spacial score (nSPS) is 9.92. The van der Waals surface area contributed by atoms with E-state index in [0.717, 1.165) is 4.47 Å². The molecule has 132 valence electrons. The predicted octanol–water partition coefficient (Wildman–Crippen LogP) is 3.98. The quantitative estimate of drug-likeness (QED) is 0.399. The smallest absolute Gasteiger partial charge is 0.232 e. The van der Waals surface area contributed by atoms with Gasteiger partial charge in [-0.05, 0) is 58.5 Å². The second-order valence-corrected chi connectivity index (χ2v) is 6.38. The largest absolute Gasteiger partial charge is 0.493 e. The van der Waals surface area contributed by atoms with E-state index >= 15 is 0 Å². The minimum atomic E-state index is 0.222. The van der Waals surface area contributed by atoms with Crippen LogP contribution in [-0.4, -0.2) is 25.7 Å². The van der Waals surface area contributed by atoms with Gasteiger partial charge >= 0.3 is 0 Å². The van der Waals surface area contributed by atoms with E-state index in [1.54, 1.807) is 36.4 Å². The zero-order valence-electron chi connectivity index (χ0n) is 13.4. The van der Waals surface area contributed by atoms with Crippen LogP contribution in [0.4, 0.5) is 11.4 Å². The molecule has 0 bridgehead atoms. The van der Waals surface area contributed by atoms with Crippen LogP contribution in [0.2, 0.25) is 5.02 Å². The molecule has 0 aliphatic rings. The lowest BCUT2D eigenvalue weighted by Crippen LogP contribution is -2.43. The average Bonchev–Trinajstić information content (AvgIpc) is 2.62. The SMILES string of the molecule is COc1ccc(N(C=O)NC(=S)Nc2ccc(Br)c(Cl)c2)cc1OC. The van der Waals surface area contributed by atoms with Gasteiger partial charge in [-0.25, -0.2) is 5.01 Å². The Bertz CT molecular complexity index is 791. The van der Waals surface area contributed by atoms with Gasteiger partial charge in [-0.2, -0.15) is 0 Å². The lowest BCUT2D eigenvalue weighted by Gasteiger charge is -2.21. The number of rotatable bonds is 6. The molecule has 0 heterocycles. The third-order valence-electron chi connectivity index (χ3n) is 3.15. The van der Waals surface area contributed by atoms with Crippen LogP contribution in [-0.2, 0) is 4.79 Å². The van der Waals surface area contributed by atoms with Crippen LogP contribution in [0.25, 0.3) is 0 Å². The number of anilines is 2. The molecule has 0 unspecified atom stereocenters. The number of ether oxygens (including phenoxy) is 2. The van der Waals surface area contributed by atoms with Gasteiger partial charge in [0.2, 0.25) is 6.41 Å². The van der Waals surface area contributed by atoms with Crippen molar-refractivity contribution in [1.29, 1.82) is 0 Å². The number of hydrogen-bond donors (Lipinski definition) is 2. The summed E-state index contributed by atoms with van der Waals surface area (Å²) in [5.41, 5.74) is 4.01. The van der Waals surface area contributed by atoms with Gasteiger partial charge in [0.05, 0.1) is 24.9 Å². The Balaban J connectivity index is 2.11. The predicted molar refractivity (Wildman–Crippen MR) is 107 cm³/mol. The summed E-state index contributed by atoms with van der Waals surface area (Å²) < 4.78 is 11.2. The lowest BCUT2D eigenvalue weighted by molar-refractivity contribution is -0.107. The number of hydrazine groups is 1. The third-order valence-corrected chi connectivity index (χ3v) is 4.58. The number of benzene rings is 2. The van der Waals surface area contributed by atoms with Crippen molar-refractivity contribution in [2.75, 3.05) is 24.5 Å². The summed E-state index contributed by atoms with van der Waals surface area (Å²) in [6.07, 6.45) is 0.601. The van der Waals surface area contributed by atoms with Crippen LogP contribution < -0.4 is 25.2 Å². The maximum Gasteiger partial charge on any atom is 0.232 e. The van der Waals surface area contributed by atoms with Crippen LogP contribution in [0.1, 0.15) is 0 Å². The molecule has 2 N–H and O–H groups in total. The maximum atomic E-state index is 11.4. The Kier molecular flexibility index (Phi) is 6.86. The summed E-state index contributed by atoms with van der Waals surface area (Å²) in [4.78, 5) is 11.4. The number of carbonyl (C=O) groups is 1. The van der Waals surface area contributed by atoms with Crippen molar-refractivity contribution in [1.82, 2.24) is 5.43 Å². The molecule has 0 spiro atoms. The number of hydrogen-bond acceptors (Lipinski definition) is 4. The molecule has 25 heavy (non-hydrogen) atoms. The fourth-order valence-corrected chi connectivity index (χ4v) is 2.61. The van der Waals surface area contributed by atoms with Crippen LogP contribution >= 0.6 is 39.7 Å². The van der Waals surface area contributed by atoms with Gasteiger partial charge in [-0.3, -0.25) is 10.2 Å². The molecule has 6 nitrogen and oxygen atoms in total. The zero-order chi connectivity index (χ0) is 18.4.